The summed E-state index contributed by atoms with van der Waals surface area (Å²) < 4.78 is 0. The van der Waals surface area contributed by atoms with Crippen LogP contribution in [-0.2, 0) is 6.54 Å². The molecule has 1 nitrogen and oxygen atoms in total. The molecule has 1 aliphatic rings. The van der Waals surface area contributed by atoms with Crippen molar-refractivity contribution in [3.8, 4) is 0 Å². The van der Waals surface area contributed by atoms with E-state index in [2.05, 4.69) is 60.6 Å². The SMILES string of the molecule is CN(/C=C/C1=CCCCC1)Cc1ccccc1. The van der Waals surface area contributed by atoms with Crippen LogP contribution in [0.25, 0.3) is 0 Å². The van der Waals surface area contributed by atoms with E-state index < -0.39 is 0 Å². The van der Waals surface area contributed by atoms with Gasteiger partial charge in [0.2, 0.25) is 0 Å². The Balaban J connectivity index is 1.86. The maximum Gasteiger partial charge on any atom is 0.0420 e. The zero-order valence-electron chi connectivity index (χ0n) is 10.6. The van der Waals surface area contributed by atoms with Crippen LogP contribution in [0, 0.1) is 0 Å². The van der Waals surface area contributed by atoms with Crippen molar-refractivity contribution in [3.63, 3.8) is 0 Å². The van der Waals surface area contributed by atoms with Crippen LogP contribution in [0.2, 0.25) is 0 Å². The average Bonchev–Trinajstić information content (AvgIpc) is 2.39. The highest BCUT2D eigenvalue weighted by molar-refractivity contribution is 5.20. The van der Waals surface area contributed by atoms with E-state index in [1.165, 1.54) is 36.8 Å². The lowest BCUT2D eigenvalue weighted by Gasteiger charge is -2.15. The Morgan fingerprint density at radius 2 is 2.00 bits per heavy atom. The molecule has 0 amide bonds. The molecular weight excluding hydrogens is 206 g/mol. The third-order valence-electron chi connectivity index (χ3n) is 3.14. The molecule has 17 heavy (non-hydrogen) atoms. The molecule has 0 aliphatic heterocycles. The molecule has 1 aliphatic carbocycles. The Bertz CT molecular complexity index is 389. The van der Waals surface area contributed by atoms with Crippen molar-refractivity contribution in [1.82, 2.24) is 4.90 Å². The number of allylic oxidation sites excluding steroid dienone is 3. The van der Waals surface area contributed by atoms with E-state index in [1.54, 1.807) is 0 Å². The molecule has 2 rings (SSSR count). The zero-order valence-corrected chi connectivity index (χ0v) is 10.6. The summed E-state index contributed by atoms with van der Waals surface area (Å²) >= 11 is 0. The minimum absolute atomic E-state index is 0.977. The molecule has 0 bridgehead atoms. The van der Waals surface area contributed by atoms with E-state index in [9.17, 15) is 0 Å². The molecule has 1 aromatic carbocycles. The highest BCUT2D eigenvalue weighted by Gasteiger charge is 2.00. The Labute approximate surface area is 104 Å². The van der Waals surface area contributed by atoms with Gasteiger partial charge < -0.3 is 4.90 Å². The molecule has 90 valence electrons. The Morgan fingerprint density at radius 1 is 1.18 bits per heavy atom. The van der Waals surface area contributed by atoms with Gasteiger partial charge in [0.1, 0.15) is 0 Å². The van der Waals surface area contributed by atoms with Crippen LogP contribution in [0.5, 0.6) is 0 Å². The lowest BCUT2D eigenvalue weighted by molar-refractivity contribution is 0.450. The molecule has 0 aromatic heterocycles. The molecule has 0 fully saturated rings. The fraction of sp³-hybridized carbons (Fsp3) is 0.375. The summed E-state index contributed by atoms with van der Waals surface area (Å²) in [6, 6.07) is 10.6. The number of nitrogens with zero attached hydrogens (tertiary/aromatic N) is 1. The first-order valence-electron chi connectivity index (χ1n) is 6.46. The maximum absolute atomic E-state index is 2.37. The number of rotatable bonds is 4. The first-order chi connectivity index (χ1) is 8.34. The van der Waals surface area contributed by atoms with E-state index in [4.69, 9.17) is 0 Å². The van der Waals surface area contributed by atoms with Crippen LogP contribution < -0.4 is 0 Å². The topological polar surface area (TPSA) is 3.24 Å². The van der Waals surface area contributed by atoms with Gasteiger partial charge in [-0.3, -0.25) is 0 Å². The van der Waals surface area contributed by atoms with Crippen molar-refractivity contribution >= 4 is 0 Å². The Hall–Kier alpha value is -1.50. The molecule has 0 saturated heterocycles. The van der Waals surface area contributed by atoms with E-state index in [1.807, 2.05) is 0 Å². The quantitative estimate of drug-likeness (QED) is 0.747. The van der Waals surface area contributed by atoms with Gasteiger partial charge in [0.15, 0.2) is 0 Å². The van der Waals surface area contributed by atoms with Crippen LogP contribution in [0.15, 0.2) is 54.3 Å². The standard InChI is InChI=1S/C16H21N/c1-17(14-16-10-6-3-7-11-16)13-12-15-8-4-2-5-9-15/h3,6-8,10-13H,2,4-5,9,14H2,1H3/b13-12+. The largest absolute Gasteiger partial charge is 0.376 e. The summed E-state index contributed by atoms with van der Waals surface area (Å²) in [5.41, 5.74) is 2.86. The van der Waals surface area contributed by atoms with Gasteiger partial charge in [-0.1, -0.05) is 42.0 Å². The molecular formula is C16H21N. The summed E-state index contributed by atoms with van der Waals surface area (Å²) in [5.74, 6) is 0. The minimum atomic E-state index is 0.977. The van der Waals surface area contributed by atoms with E-state index in [-0.39, 0.29) is 0 Å². The van der Waals surface area contributed by atoms with Crippen molar-refractivity contribution < 1.29 is 0 Å². The van der Waals surface area contributed by atoms with Crippen LogP contribution in [0.4, 0.5) is 0 Å². The molecule has 0 spiro atoms. The molecule has 0 N–H and O–H groups in total. The first kappa shape index (κ1) is 12.0. The number of hydrogen-bond acceptors (Lipinski definition) is 1. The molecule has 0 heterocycles. The van der Waals surface area contributed by atoms with E-state index in [0.717, 1.165) is 6.54 Å². The third kappa shape index (κ3) is 4.10. The predicted octanol–water partition coefficient (Wildman–Crippen LogP) is 4.13. The zero-order chi connectivity index (χ0) is 11.9. The van der Waals surface area contributed by atoms with Gasteiger partial charge in [-0.15, -0.1) is 0 Å². The summed E-state index contributed by atoms with van der Waals surface area (Å²) in [6.45, 7) is 0.977. The molecule has 1 heteroatoms. The summed E-state index contributed by atoms with van der Waals surface area (Å²) in [4.78, 5) is 2.24. The van der Waals surface area contributed by atoms with Gasteiger partial charge in [-0.25, -0.2) is 0 Å². The van der Waals surface area contributed by atoms with Crippen molar-refractivity contribution in [2.24, 2.45) is 0 Å². The van der Waals surface area contributed by atoms with Gasteiger partial charge in [-0.2, -0.15) is 0 Å². The van der Waals surface area contributed by atoms with Gasteiger partial charge >= 0.3 is 0 Å². The normalized spacial score (nSPS) is 15.9. The summed E-state index contributed by atoms with van der Waals surface area (Å²) in [6.07, 6.45) is 12.0. The Kier molecular flexibility index (Phi) is 4.43. The smallest absolute Gasteiger partial charge is 0.0420 e. The monoisotopic (exact) mass is 227 g/mol. The Morgan fingerprint density at radius 3 is 2.71 bits per heavy atom. The second-order valence-electron chi connectivity index (χ2n) is 4.74. The van der Waals surface area contributed by atoms with Crippen molar-refractivity contribution in [3.05, 3.63) is 59.8 Å². The van der Waals surface area contributed by atoms with Gasteiger partial charge in [-0.05, 0) is 43.5 Å². The maximum atomic E-state index is 2.37. The fourth-order valence-corrected chi connectivity index (χ4v) is 2.16. The van der Waals surface area contributed by atoms with E-state index in [0.29, 0.717) is 0 Å². The summed E-state index contributed by atoms with van der Waals surface area (Å²) in [7, 11) is 2.13. The van der Waals surface area contributed by atoms with Crippen molar-refractivity contribution in [2.45, 2.75) is 32.2 Å². The molecule has 0 saturated carbocycles. The molecule has 0 atom stereocenters. The highest BCUT2D eigenvalue weighted by atomic mass is 15.1. The van der Waals surface area contributed by atoms with Gasteiger partial charge in [0.25, 0.3) is 0 Å². The minimum Gasteiger partial charge on any atom is -0.376 e. The molecule has 0 unspecified atom stereocenters. The van der Waals surface area contributed by atoms with Crippen molar-refractivity contribution in [1.29, 1.82) is 0 Å². The van der Waals surface area contributed by atoms with E-state index >= 15 is 0 Å². The highest BCUT2D eigenvalue weighted by Crippen LogP contribution is 2.18. The van der Waals surface area contributed by atoms with Gasteiger partial charge in [0.05, 0.1) is 0 Å². The van der Waals surface area contributed by atoms with Crippen LogP contribution in [0.1, 0.15) is 31.2 Å². The second-order valence-corrected chi connectivity index (χ2v) is 4.74. The number of benzene rings is 1. The lowest BCUT2D eigenvalue weighted by Crippen LogP contribution is -2.09. The van der Waals surface area contributed by atoms with Crippen LogP contribution in [-0.4, -0.2) is 11.9 Å². The number of hydrogen-bond donors (Lipinski definition) is 0. The summed E-state index contributed by atoms with van der Waals surface area (Å²) in [5, 5.41) is 0. The van der Waals surface area contributed by atoms with Crippen LogP contribution >= 0.6 is 0 Å². The molecule has 0 radical (unpaired) electrons. The first-order valence-corrected chi connectivity index (χ1v) is 6.46. The molecule has 1 aromatic rings. The lowest BCUT2D eigenvalue weighted by atomic mass is 10.00. The predicted molar refractivity (Wildman–Crippen MR) is 73.6 cm³/mol. The second kappa shape index (κ2) is 6.29. The fourth-order valence-electron chi connectivity index (χ4n) is 2.16. The third-order valence-corrected chi connectivity index (χ3v) is 3.14. The van der Waals surface area contributed by atoms with Gasteiger partial charge in [0, 0.05) is 13.6 Å². The van der Waals surface area contributed by atoms with Crippen LogP contribution in [0.3, 0.4) is 0 Å². The van der Waals surface area contributed by atoms with Crippen molar-refractivity contribution in [2.75, 3.05) is 7.05 Å². The average molecular weight is 227 g/mol.